The van der Waals surface area contributed by atoms with Crippen LogP contribution in [-0.4, -0.2) is 51.0 Å². The second-order valence-electron chi connectivity index (χ2n) is 9.49. The number of amides is 2. The fraction of sp³-hybridized carbons (Fsp3) is 0.310. The van der Waals surface area contributed by atoms with Crippen molar-refractivity contribution >= 4 is 39.1 Å². The normalized spacial score (nSPS) is 12.2. The number of nitrogens with one attached hydrogen (secondary N) is 1. The second-order valence-corrected chi connectivity index (χ2v) is 11.8. The van der Waals surface area contributed by atoms with E-state index in [1.54, 1.807) is 30.3 Å². The lowest BCUT2D eigenvalue weighted by Gasteiger charge is -2.33. The van der Waals surface area contributed by atoms with Gasteiger partial charge < -0.3 is 10.2 Å². The summed E-state index contributed by atoms with van der Waals surface area (Å²) in [5, 5.41) is 3.16. The number of carbonyl (C=O) groups is 2. The van der Waals surface area contributed by atoms with Gasteiger partial charge in [0.15, 0.2) is 0 Å². The van der Waals surface area contributed by atoms with E-state index in [1.807, 2.05) is 62.4 Å². The Bertz CT molecular complexity index is 1350. The molecule has 7 nitrogen and oxygen atoms in total. The van der Waals surface area contributed by atoms with Crippen LogP contribution in [0.5, 0.6) is 0 Å². The zero-order valence-electron chi connectivity index (χ0n) is 22.1. The van der Waals surface area contributed by atoms with Crippen molar-refractivity contribution < 1.29 is 18.0 Å². The molecule has 0 spiro atoms. The number of halogens is 1. The molecule has 3 aromatic rings. The third-order valence-corrected chi connectivity index (χ3v) is 7.66. The molecule has 0 radical (unpaired) electrons. The van der Waals surface area contributed by atoms with E-state index in [-0.39, 0.29) is 24.8 Å². The molecule has 0 fully saturated rings. The standard InChI is InChI=1S/C29H34ClN3O4S/c1-21(2)24-13-15-26(16-14-24)33(38(4,36)37)20-28(34)32(19-23-11-8-12-25(30)17-23)27(29(35)31-3)18-22-9-6-5-7-10-22/h5-17,21,27H,18-20H2,1-4H3,(H,31,35)/t27-/m0/s1. The van der Waals surface area contributed by atoms with E-state index in [4.69, 9.17) is 11.6 Å². The van der Waals surface area contributed by atoms with E-state index in [1.165, 1.54) is 11.9 Å². The Balaban J connectivity index is 2.01. The van der Waals surface area contributed by atoms with Crippen LogP contribution in [0.4, 0.5) is 5.69 Å². The maximum absolute atomic E-state index is 13.9. The number of anilines is 1. The number of hydrogen-bond donors (Lipinski definition) is 1. The third-order valence-electron chi connectivity index (χ3n) is 6.29. The van der Waals surface area contributed by atoms with Gasteiger partial charge in [-0.1, -0.05) is 80.0 Å². The number of carbonyl (C=O) groups excluding carboxylic acids is 2. The fourth-order valence-electron chi connectivity index (χ4n) is 4.19. The van der Waals surface area contributed by atoms with E-state index < -0.39 is 28.5 Å². The van der Waals surface area contributed by atoms with Gasteiger partial charge >= 0.3 is 0 Å². The summed E-state index contributed by atoms with van der Waals surface area (Å²) < 4.78 is 26.7. The summed E-state index contributed by atoms with van der Waals surface area (Å²) in [7, 11) is -2.29. The molecule has 0 bridgehead atoms. The van der Waals surface area contributed by atoms with Crippen LogP contribution in [0.1, 0.15) is 36.5 Å². The SMILES string of the molecule is CNC(=O)[C@H](Cc1ccccc1)N(Cc1cccc(Cl)c1)C(=O)CN(c1ccc(C(C)C)cc1)S(C)(=O)=O. The first-order valence-electron chi connectivity index (χ1n) is 12.4. The van der Waals surface area contributed by atoms with E-state index in [0.717, 1.165) is 27.3 Å². The molecule has 1 atom stereocenters. The van der Waals surface area contributed by atoms with Gasteiger partial charge in [0.2, 0.25) is 21.8 Å². The molecule has 0 unspecified atom stereocenters. The number of rotatable bonds is 11. The number of likely N-dealkylation sites (N-methyl/N-ethyl adjacent to an activating group) is 1. The summed E-state index contributed by atoms with van der Waals surface area (Å²) in [6.45, 7) is 3.72. The molecule has 0 aliphatic heterocycles. The van der Waals surface area contributed by atoms with Crippen molar-refractivity contribution in [1.82, 2.24) is 10.2 Å². The summed E-state index contributed by atoms with van der Waals surface area (Å²) in [6.07, 6.45) is 1.33. The summed E-state index contributed by atoms with van der Waals surface area (Å²) in [5.41, 5.74) is 3.03. The highest BCUT2D eigenvalue weighted by Crippen LogP contribution is 2.23. The van der Waals surface area contributed by atoms with Gasteiger partial charge in [-0.3, -0.25) is 13.9 Å². The first-order valence-corrected chi connectivity index (χ1v) is 14.6. The molecular formula is C29H34ClN3O4S. The van der Waals surface area contributed by atoms with Crippen molar-refractivity contribution in [3.05, 3.63) is 101 Å². The van der Waals surface area contributed by atoms with Crippen molar-refractivity contribution in [2.24, 2.45) is 0 Å². The molecule has 0 aliphatic carbocycles. The zero-order valence-corrected chi connectivity index (χ0v) is 23.7. The predicted molar refractivity (Wildman–Crippen MR) is 153 cm³/mol. The average molecular weight is 556 g/mol. The number of nitrogens with zero attached hydrogens (tertiary/aromatic N) is 2. The lowest BCUT2D eigenvalue weighted by atomic mass is 10.0. The van der Waals surface area contributed by atoms with Gasteiger partial charge in [-0.25, -0.2) is 8.42 Å². The summed E-state index contributed by atoms with van der Waals surface area (Å²) >= 11 is 6.20. The molecule has 0 saturated carbocycles. The molecule has 0 aromatic heterocycles. The van der Waals surface area contributed by atoms with Crippen LogP contribution in [0.2, 0.25) is 5.02 Å². The lowest BCUT2D eigenvalue weighted by molar-refractivity contribution is -0.139. The summed E-state index contributed by atoms with van der Waals surface area (Å²) in [4.78, 5) is 28.4. The predicted octanol–water partition coefficient (Wildman–Crippen LogP) is 4.62. The van der Waals surface area contributed by atoms with E-state index >= 15 is 0 Å². The highest BCUT2D eigenvalue weighted by Gasteiger charge is 2.32. The molecule has 2 amide bonds. The maximum atomic E-state index is 13.9. The highest BCUT2D eigenvalue weighted by molar-refractivity contribution is 7.92. The number of benzene rings is 3. The second kappa shape index (κ2) is 12.9. The van der Waals surface area contributed by atoms with Crippen LogP contribution in [0, 0.1) is 0 Å². The molecule has 202 valence electrons. The Kier molecular flexibility index (Phi) is 9.94. The van der Waals surface area contributed by atoms with Gasteiger partial charge in [-0.2, -0.15) is 0 Å². The quantitative estimate of drug-likeness (QED) is 0.374. The highest BCUT2D eigenvalue weighted by atomic mass is 35.5. The Morgan fingerprint density at radius 2 is 1.55 bits per heavy atom. The van der Waals surface area contributed by atoms with E-state index in [2.05, 4.69) is 5.32 Å². The van der Waals surface area contributed by atoms with Crippen molar-refractivity contribution in [3.8, 4) is 0 Å². The molecule has 0 saturated heterocycles. The smallest absolute Gasteiger partial charge is 0.244 e. The minimum absolute atomic E-state index is 0.0776. The summed E-state index contributed by atoms with van der Waals surface area (Å²) in [6, 6.07) is 22.7. The molecule has 38 heavy (non-hydrogen) atoms. The van der Waals surface area contributed by atoms with Crippen LogP contribution in [0.15, 0.2) is 78.9 Å². The van der Waals surface area contributed by atoms with Gasteiger partial charge in [0.25, 0.3) is 0 Å². The van der Waals surface area contributed by atoms with Crippen molar-refractivity contribution in [1.29, 1.82) is 0 Å². The van der Waals surface area contributed by atoms with Gasteiger partial charge in [0, 0.05) is 25.0 Å². The van der Waals surface area contributed by atoms with Crippen LogP contribution in [0.25, 0.3) is 0 Å². The Morgan fingerprint density at radius 3 is 2.11 bits per heavy atom. The molecule has 3 aromatic carbocycles. The third kappa shape index (κ3) is 7.82. The fourth-order valence-corrected chi connectivity index (χ4v) is 5.25. The Morgan fingerprint density at radius 1 is 0.921 bits per heavy atom. The lowest BCUT2D eigenvalue weighted by Crippen LogP contribution is -2.52. The van der Waals surface area contributed by atoms with Crippen LogP contribution < -0.4 is 9.62 Å². The van der Waals surface area contributed by atoms with Gasteiger partial charge in [0.05, 0.1) is 11.9 Å². The van der Waals surface area contributed by atoms with Crippen LogP contribution in [0.3, 0.4) is 0 Å². The molecular weight excluding hydrogens is 522 g/mol. The van der Waals surface area contributed by atoms with Crippen molar-refractivity contribution in [2.75, 3.05) is 24.2 Å². The molecule has 0 heterocycles. The molecule has 1 N–H and O–H groups in total. The topological polar surface area (TPSA) is 86.8 Å². The Labute approximate surface area is 230 Å². The molecule has 0 aliphatic rings. The van der Waals surface area contributed by atoms with Crippen LogP contribution in [-0.2, 0) is 32.6 Å². The van der Waals surface area contributed by atoms with Gasteiger partial charge in [0.1, 0.15) is 12.6 Å². The largest absolute Gasteiger partial charge is 0.357 e. The van der Waals surface area contributed by atoms with Crippen LogP contribution >= 0.6 is 11.6 Å². The average Bonchev–Trinajstić information content (AvgIpc) is 2.88. The first-order chi connectivity index (χ1) is 18.0. The monoisotopic (exact) mass is 555 g/mol. The maximum Gasteiger partial charge on any atom is 0.244 e. The van der Waals surface area contributed by atoms with Crippen molar-refractivity contribution in [2.45, 2.75) is 38.8 Å². The number of hydrogen-bond acceptors (Lipinski definition) is 4. The minimum Gasteiger partial charge on any atom is -0.357 e. The molecule has 9 heteroatoms. The minimum atomic E-state index is -3.81. The van der Waals surface area contributed by atoms with Crippen molar-refractivity contribution in [3.63, 3.8) is 0 Å². The molecule has 3 rings (SSSR count). The van der Waals surface area contributed by atoms with E-state index in [9.17, 15) is 18.0 Å². The Hall–Kier alpha value is -3.36. The van der Waals surface area contributed by atoms with Gasteiger partial charge in [-0.05, 0) is 46.9 Å². The van der Waals surface area contributed by atoms with E-state index in [0.29, 0.717) is 10.7 Å². The first kappa shape index (κ1) is 29.2. The zero-order chi connectivity index (χ0) is 27.9. The van der Waals surface area contributed by atoms with Gasteiger partial charge in [-0.15, -0.1) is 0 Å². The summed E-state index contributed by atoms with van der Waals surface area (Å²) in [5.74, 6) is -0.582. The number of sulfonamides is 1.